The van der Waals surface area contributed by atoms with Crippen LogP contribution in [0.2, 0.25) is 10.0 Å². The number of nitrogens with one attached hydrogen (secondary N) is 2. The molecular formula is C16H12Cl2N4O3S2. The molecule has 3 rings (SSSR count). The molecule has 2 N–H and O–H groups in total. The molecule has 2 aromatic carbocycles. The minimum Gasteiger partial charge on any atom is -0.296 e. The van der Waals surface area contributed by atoms with Crippen LogP contribution < -0.4 is 10.0 Å². The molecule has 7 nitrogen and oxygen atoms in total. The fourth-order valence-electron chi connectivity index (χ4n) is 2.03. The quantitative estimate of drug-likeness (QED) is 0.568. The SMILES string of the molecule is O=C(Nc1nnc(S(=O)(=O)NCc2ccc(Cl)cc2Cl)s1)c1ccccc1. The second kappa shape index (κ2) is 8.32. The van der Waals surface area contributed by atoms with Crippen molar-refractivity contribution in [3.8, 4) is 0 Å². The third-order valence-corrected chi connectivity index (χ3v) is 6.55. The van der Waals surface area contributed by atoms with Crippen molar-refractivity contribution in [1.29, 1.82) is 0 Å². The summed E-state index contributed by atoms with van der Waals surface area (Å²) in [5, 5.41) is 10.7. The maximum atomic E-state index is 12.4. The Morgan fingerprint density at radius 1 is 1.07 bits per heavy atom. The average Bonchev–Trinajstić information content (AvgIpc) is 3.11. The summed E-state index contributed by atoms with van der Waals surface area (Å²) in [5.74, 6) is -0.406. The average molecular weight is 443 g/mol. The zero-order chi connectivity index (χ0) is 19.4. The Morgan fingerprint density at radius 2 is 1.81 bits per heavy atom. The number of halogens is 2. The van der Waals surface area contributed by atoms with Crippen molar-refractivity contribution >= 4 is 55.6 Å². The van der Waals surface area contributed by atoms with Crippen LogP contribution >= 0.6 is 34.5 Å². The molecule has 0 spiro atoms. The first kappa shape index (κ1) is 19.7. The van der Waals surface area contributed by atoms with Crippen molar-refractivity contribution in [2.75, 3.05) is 5.32 Å². The molecule has 0 unspecified atom stereocenters. The summed E-state index contributed by atoms with van der Waals surface area (Å²) in [4.78, 5) is 12.1. The zero-order valence-electron chi connectivity index (χ0n) is 13.5. The predicted molar refractivity (Wildman–Crippen MR) is 105 cm³/mol. The van der Waals surface area contributed by atoms with E-state index in [0.717, 1.165) is 11.3 Å². The molecule has 0 fully saturated rings. The van der Waals surface area contributed by atoms with E-state index in [2.05, 4.69) is 20.2 Å². The molecule has 0 saturated heterocycles. The number of hydrogen-bond acceptors (Lipinski definition) is 6. The van der Waals surface area contributed by atoms with Gasteiger partial charge in [-0.1, -0.05) is 58.8 Å². The zero-order valence-corrected chi connectivity index (χ0v) is 16.7. The number of amides is 1. The maximum Gasteiger partial charge on any atom is 0.270 e. The third-order valence-electron chi connectivity index (χ3n) is 3.36. The number of benzene rings is 2. The van der Waals surface area contributed by atoms with E-state index < -0.39 is 15.9 Å². The van der Waals surface area contributed by atoms with Crippen LogP contribution in [0.4, 0.5) is 5.13 Å². The predicted octanol–water partition coefficient (Wildman–Crippen LogP) is 3.58. The van der Waals surface area contributed by atoms with Gasteiger partial charge in [0.1, 0.15) is 0 Å². The first-order valence-electron chi connectivity index (χ1n) is 7.48. The normalized spacial score (nSPS) is 11.3. The second-order valence-electron chi connectivity index (χ2n) is 5.25. The molecular weight excluding hydrogens is 431 g/mol. The monoisotopic (exact) mass is 442 g/mol. The molecule has 27 heavy (non-hydrogen) atoms. The summed E-state index contributed by atoms with van der Waals surface area (Å²) < 4.78 is 26.9. The fraction of sp³-hybridized carbons (Fsp3) is 0.0625. The van der Waals surface area contributed by atoms with Crippen LogP contribution in [0, 0.1) is 0 Å². The minimum absolute atomic E-state index is 0.0381. The molecule has 0 radical (unpaired) electrons. The second-order valence-corrected chi connectivity index (χ2v) is 9.02. The van der Waals surface area contributed by atoms with Gasteiger partial charge in [0.2, 0.25) is 9.47 Å². The summed E-state index contributed by atoms with van der Waals surface area (Å²) in [7, 11) is -3.91. The van der Waals surface area contributed by atoms with E-state index in [1.165, 1.54) is 6.07 Å². The number of carbonyl (C=O) groups is 1. The van der Waals surface area contributed by atoms with Gasteiger partial charge in [0.05, 0.1) is 0 Å². The standard InChI is InChI=1S/C16H12Cl2N4O3S2/c17-12-7-6-11(13(18)8-12)9-19-27(24,25)16-22-21-15(26-16)20-14(23)10-4-2-1-3-5-10/h1-8,19H,9H2,(H,20,21,23). The third kappa shape index (κ3) is 5.02. The molecule has 0 aliphatic rings. The molecule has 0 aliphatic carbocycles. The highest BCUT2D eigenvalue weighted by Crippen LogP contribution is 2.23. The van der Waals surface area contributed by atoms with Crippen LogP contribution in [-0.2, 0) is 16.6 Å². The van der Waals surface area contributed by atoms with Crippen molar-refractivity contribution in [3.05, 3.63) is 69.7 Å². The van der Waals surface area contributed by atoms with Crippen molar-refractivity contribution in [2.45, 2.75) is 10.9 Å². The van der Waals surface area contributed by atoms with Gasteiger partial charge in [0.25, 0.3) is 15.9 Å². The van der Waals surface area contributed by atoms with Gasteiger partial charge < -0.3 is 0 Å². The van der Waals surface area contributed by atoms with Crippen molar-refractivity contribution in [3.63, 3.8) is 0 Å². The van der Waals surface area contributed by atoms with E-state index in [-0.39, 0.29) is 16.0 Å². The van der Waals surface area contributed by atoms with Gasteiger partial charge in [0, 0.05) is 22.2 Å². The van der Waals surface area contributed by atoms with Crippen LogP contribution in [0.3, 0.4) is 0 Å². The molecule has 0 atom stereocenters. The van der Waals surface area contributed by atoms with Gasteiger partial charge in [-0.2, -0.15) is 0 Å². The first-order chi connectivity index (χ1) is 12.8. The van der Waals surface area contributed by atoms with Gasteiger partial charge in [-0.05, 0) is 29.8 Å². The summed E-state index contributed by atoms with van der Waals surface area (Å²) in [6.45, 7) is -0.0381. The van der Waals surface area contributed by atoms with Crippen molar-refractivity contribution < 1.29 is 13.2 Å². The Kier molecular flexibility index (Phi) is 6.08. The summed E-state index contributed by atoms with van der Waals surface area (Å²) in [6, 6.07) is 13.2. The lowest BCUT2D eigenvalue weighted by Gasteiger charge is -2.06. The molecule has 3 aromatic rings. The van der Waals surface area contributed by atoms with Gasteiger partial charge in [-0.15, -0.1) is 10.2 Å². The molecule has 0 bridgehead atoms. The Morgan fingerprint density at radius 3 is 2.52 bits per heavy atom. The lowest BCUT2D eigenvalue weighted by molar-refractivity contribution is 0.102. The number of rotatable bonds is 6. The number of hydrogen-bond donors (Lipinski definition) is 2. The first-order valence-corrected chi connectivity index (χ1v) is 10.5. The maximum absolute atomic E-state index is 12.4. The highest BCUT2D eigenvalue weighted by Gasteiger charge is 2.21. The van der Waals surface area contributed by atoms with E-state index in [1.54, 1.807) is 42.5 Å². The summed E-state index contributed by atoms with van der Waals surface area (Å²) >= 11 is 12.6. The summed E-state index contributed by atoms with van der Waals surface area (Å²) in [5.41, 5.74) is 0.986. The Labute approximate surface area is 169 Å². The number of carbonyl (C=O) groups excluding carboxylic acids is 1. The fourth-order valence-corrected chi connectivity index (χ4v) is 4.44. The van der Waals surface area contributed by atoms with Crippen LogP contribution in [-0.4, -0.2) is 24.5 Å². The number of aromatic nitrogens is 2. The highest BCUT2D eigenvalue weighted by molar-refractivity contribution is 7.91. The largest absolute Gasteiger partial charge is 0.296 e. The van der Waals surface area contributed by atoms with E-state index in [4.69, 9.17) is 23.2 Å². The molecule has 11 heteroatoms. The van der Waals surface area contributed by atoms with Crippen LogP contribution in [0.5, 0.6) is 0 Å². The smallest absolute Gasteiger partial charge is 0.270 e. The number of nitrogens with zero attached hydrogens (tertiary/aromatic N) is 2. The molecule has 1 heterocycles. The van der Waals surface area contributed by atoms with Crippen LogP contribution in [0.1, 0.15) is 15.9 Å². The Bertz CT molecular complexity index is 1070. The van der Waals surface area contributed by atoms with Gasteiger partial charge in [-0.3, -0.25) is 10.1 Å². The summed E-state index contributed by atoms with van der Waals surface area (Å²) in [6.07, 6.45) is 0. The molecule has 0 aliphatic heterocycles. The topological polar surface area (TPSA) is 101 Å². The molecule has 1 aromatic heterocycles. The van der Waals surface area contributed by atoms with Crippen LogP contribution in [0.25, 0.3) is 0 Å². The van der Waals surface area contributed by atoms with Crippen molar-refractivity contribution in [2.24, 2.45) is 0 Å². The van der Waals surface area contributed by atoms with Crippen LogP contribution in [0.15, 0.2) is 52.9 Å². The van der Waals surface area contributed by atoms with Gasteiger partial charge >= 0.3 is 0 Å². The van der Waals surface area contributed by atoms with E-state index in [9.17, 15) is 13.2 Å². The lowest BCUT2D eigenvalue weighted by atomic mass is 10.2. The molecule has 1 amide bonds. The number of sulfonamides is 1. The Balaban J connectivity index is 1.68. The van der Waals surface area contributed by atoms with E-state index in [0.29, 0.717) is 21.2 Å². The highest BCUT2D eigenvalue weighted by atomic mass is 35.5. The Hall–Kier alpha value is -2.04. The van der Waals surface area contributed by atoms with Gasteiger partial charge in [0.15, 0.2) is 0 Å². The van der Waals surface area contributed by atoms with E-state index >= 15 is 0 Å². The van der Waals surface area contributed by atoms with E-state index in [1.807, 2.05) is 0 Å². The minimum atomic E-state index is -3.91. The molecule has 0 saturated carbocycles. The van der Waals surface area contributed by atoms with Gasteiger partial charge in [-0.25, -0.2) is 13.1 Å². The molecule has 140 valence electrons. The van der Waals surface area contributed by atoms with Crippen molar-refractivity contribution in [1.82, 2.24) is 14.9 Å². The number of anilines is 1. The lowest BCUT2D eigenvalue weighted by Crippen LogP contribution is -2.23.